The Morgan fingerprint density at radius 3 is 2.43 bits per heavy atom. The topological polar surface area (TPSA) is 74.0 Å². The lowest BCUT2D eigenvalue weighted by Crippen LogP contribution is -2.12. The molecule has 0 saturated heterocycles. The first-order valence-electron chi connectivity index (χ1n) is 7.28. The molecule has 23 heavy (non-hydrogen) atoms. The van der Waals surface area contributed by atoms with Crippen LogP contribution in [-0.4, -0.2) is 16.1 Å². The number of hydrogen-bond donors (Lipinski definition) is 1. The molecule has 0 fully saturated rings. The van der Waals surface area contributed by atoms with Crippen molar-refractivity contribution in [2.45, 2.75) is 27.2 Å². The van der Waals surface area contributed by atoms with Gasteiger partial charge in [0.1, 0.15) is 6.07 Å². The lowest BCUT2D eigenvalue weighted by Gasteiger charge is -2.16. The highest BCUT2D eigenvalue weighted by Crippen LogP contribution is 2.32. The minimum Gasteiger partial charge on any atom is -0.478 e. The number of aromatic carboxylic acids is 1. The molecule has 0 saturated carbocycles. The molecule has 2 aromatic rings. The van der Waals surface area contributed by atoms with Crippen LogP contribution in [0.1, 0.15) is 41.2 Å². The van der Waals surface area contributed by atoms with Crippen molar-refractivity contribution in [1.29, 1.82) is 5.26 Å². The lowest BCUT2D eigenvalue weighted by molar-refractivity contribution is 0.0696. The SMILES string of the molecule is Cc1nc(CC(C)C)c(C#N)c(-c2ccc(Cl)cc2)c1C(=O)O. The second-order valence-electron chi connectivity index (χ2n) is 5.79. The first-order chi connectivity index (χ1) is 10.8. The third-order valence-corrected chi connectivity index (χ3v) is 3.77. The number of aromatic nitrogens is 1. The Hall–Kier alpha value is -2.38. The highest BCUT2D eigenvalue weighted by Gasteiger charge is 2.23. The number of carboxylic acids is 1. The number of carboxylic acid groups (broad SMARTS) is 1. The van der Waals surface area contributed by atoms with Gasteiger partial charge >= 0.3 is 5.97 Å². The van der Waals surface area contributed by atoms with Crippen LogP contribution in [0.2, 0.25) is 5.02 Å². The molecular formula is C18H17ClN2O2. The zero-order valence-electron chi connectivity index (χ0n) is 13.2. The molecule has 1 heterocycles. The van der Waals surface area contributed by atoms with E-state index in [0.717, 1.165) is 0 Å². The van der Waals surface area contributed by atoms with E-state index in [-0.39, 0.29) is 5.56 Å². The van der Waals surface area contributed by atoms with E-state index in [0.29, 0.717) is 45.4 Å². The van der Waals surface area contributed by atoms with Crippen LogP contribution in [0.5, 0.6) is 0 Å². The van der Waals surface area contributed by atoms with Crippen LogP contribution in [0.4, 0.5) is 0 Å². The van der Waals surface area contributed by atoms with E-state index in [1.54, 1.807) is 31.2 Å². The molecule has 1 N–H and O–H groups in total. The van der Waals surface area contributed by atoms with Crippen LogP contribution >= 0.6 is 11.6 Å². The van der Waals surface area contributed by atoms with Crippen LogP contribution < -0.4 is 0 Å². The number of carbonyl (C=O) groups is 1. The number of hydrogen-bond acceptors (Lipinski definition) is 3. The van der Waals surface area contributed by atoms with Gasteiger partial charge in [0.05, 0.1) is 22.5 Å². The third kappa shape index (κ3) is 3.52. The molecule has 0 aliphatic heterocycles. The molecule has 0 amide bonds. The van der Waals surface area contributed by atoms with Crippen molar-refractivity contribution < 1.29 is 9.90 Å². The summed E-state index contributed by atoms with van der Waals surface area (Å²) in [5.74, 6) is -0.782. The molecule has 0 aliphatic rings. The maximum Gasteiger partial charge on any atom is 0.338 e. The van der Waals surface area contributed by atoms with Gasteiger partial charge in [-0.25, -0.2) is 4.79 Å². The monoisotopic (exact) mass is 328 g/mol. The zero-order valence-corrected chi connectivity index (χ0v) is 14.0. The Balaban J connectivity index is 2.84. The Kier molecular flexibility index (Phi) is 5.02. The van der Waals surface area contributed by atoms with Crippen LogP contribution in [0, 0.1) is 24.2 Å². The molecule has 0 atom stereocenters. The first-order valence-corrected chi connectivity index (χ1v) is 7.65. The molecule has 0 bridgehead atoms. The van der Waals surface area contributed by atoms with Crippen molar-refractivity contribution in [3.8, 4) is 17.2 Å². The summed E-state index contributed by atoms with van der Waals surface area (Å²) in [6.07, 6.45) is 0.615. The molecule has 2 rings (SSSR count). The van der Waals surface area contributed by atoms with Crippen LogP contribution in [0.25, 0.3) is 11.1 Å². The Labute approximate surface area is 140 Å². The second-order valence-corrected chi connectivity index (χ2v) is 6.23. The largest absolute Gasteiger partial charge is 0.478 e. The Bertz CT molecular complexity index is 790. The third-order valence-electron chi connectivity index (χ3n) is 3.51. The number of rotatable bonds is 4. The minimum absolute atomic E-state index is 0.0661. The molecule has 0 radical (unpaired) electrons. The number of nitriles is 1. The number of nitrogens with zero attached hydrogens (tertiary/aromatic N) is 2. The van der Waals surface area contributed by atoms with Gasteiger partial charge in [0, 0.05) is 10.6 Å². The van der Waals surface area contributed by atoms with E-state index in [9.17, 15) is 15.2 Å². The summed E-state index contributed by atoms with van der Waals surface area (Å²) >= 11 is 5.91. The summed E-state index contributed by atoms with van der Waals surface area (Å²) in [5.41, 5.74) is 2.51. The summed E-state index contributed by atoms with van der Waals surface area (Å²) in [4.78, 5) is 16.1. The fourth-order valence-electron chi connectivity index (χ4n) is 2.59. The number of halogens is 1. The molecule has 0 aliphatic carbocycles. The molecule has 4 nitrogen and oxygen atoms in total. The fourth-order valence-corrected chi connectivity index (χ4v) is 2.71. The number of pyridine rings is 1. The van der Waals surface area contributed by atoms with Gasteiger partial charge in [-0.05, 0) is 37.0 Å². The average molecular weight is 329 g/mol. The van der Waals surface area contributed by atoms with Gasteiger partial charge < -0.3 is 5.11 Å². The molecule has 5 heteroatoms. The Morgan fingerprint density at radius 2 is 1.96 bits per heavy atom. The summed E-state index contributed by atoms with van der Waals surface area (Å²) in [7, 11) is 0. The molecule has 0 spiro atoms. The molecule has 0 unspecified atom stereocenters. The van der Waals surface area contributed by atoms with Gasteiger partial charge in [0.25, 0.3) is 0 Å². The molecule has 1 aromatic carbocycles. The van der Waals surface area contributed by atoms with Gasteiger partial charge in [-0.15, -0.1) is 0 Å². The molecule has 118 valence electrons. The summed E-state index contributed by atoms with van der Waals surface area (Å²) < 4.78 is 0. The van der Waals surface area contributed by atoms with E-state index in [1.807, 2.05) is 13.8 Å². The predicted molar refractivity (Wildman–Crippen MR) is 89.6 cm³/mol. The molecular weight excluding hydrogens is 312 g/mol. The standard InChI is InChI=1S/C18H17ClN2O2/c1-10(2)8-15-14(9-20)17(12-4-6-13(19)7-5-12)16(18(22)23)11(3)21-15/h4-7,10H,8H2,1-3H3,(H,22,23). The predicted octanol–water partition coefficient (Wildman–Crippen LogP) is 4.48. The Morgan fingerprint density at radius 1 is 1.35 bits per heavy atom. The quantitative estimate of drug-likeness (QED) is 0.898. The minimum atomic E-state index is -1.09. The van der Waals surface area contributed by atoms with Crippen LogP contribution in [0.15, 0.2) is 24.3 Å². The van der Waals surface area contributed by atoms with E-state index in [1.165, 1.54) is 0 Å². The van der Waals surface area contributed by atoms with E-state index >= 15 is 0 Å². The van der Waals surface area contributed by atoms with Crippen molar-refractivity contribution in [2.24, 2.45) is 5.92 Å². The van der Waals surface area contributed by atoms with E-state index < -0.39 is 5.97 Å². The normalized spacial score (nSPS) is 10.6. The van der Waals surface area contributed by atoms with Crippen molar-refractivity contribution in [3.05, 3.63) is 51.8 Å². The van der Waals surface area contributed by atoms with E-state index in [2.05, 4.69) is 11.1 Å². The van der Waals surface area contributed by atoms with Crippen molar-refractivity contribution in [1.82, 2.24) is 4.98 Å². The zero-order chi connectivity index (χ0) is 17.1. The summed E-state index contributed by atoms with van der Waals surface area (Å²) in [6, 6.07) is 8.96. The summed E-state index contributed by atoms with van der Waals surface area (Å²) in [6.45, 7) is 5.73. The van der Waals surface area contributed by atoms with Gasteiger partial charge in [0.15, 0.2) is 0 Å². The lowest BCUT2D eigenvalue weighted by atomic mass is 9.91. The van der Waals surface area contributed by atoms with Gasteiger partial charge in [-0.2, -0.15) is 5.26 Å². The number of benzene rings is 1. The second kappa shape index (κ2) is 6.80. The van der Waals surface area contributed by atoms with Crippen molar-refractivity contribution >= 4 is 17.6 Å². The van der Waals surface area contributed by atoms with Crippen molar-refractivity contribution in [3.63, 3.8) is 0 Å². The maximum absolute atomic E-state index is 11.7. The smallest absolute Gasteiger partial charge is 0.338 e. The fraction of sp³-hybridized carbons (Fsp3) is 0.278. The van der Waals surface area contributed by atoms with Crippen molar-refractivity contribution in [2.75, 3.05) is 0 Å². The average Bonchev–Trinajstić information content (AvgIpc) is 2.46. The highest BCUT2D eigenvalue weighted by atomic mass is 35.5. The first kappa shape index (κ1) is 17.0. The van der Waals surface area contributed by atoms with Gasteiger partial charge in [0.2, 0.25) is 0 Å². The van der Waals surface area contributed by atoms with Gasteiger partial charge in [-0.1, -0.05) is 37.6 Å². The highest BCUT2D eigenvalue weighted by molar-refractivity contribution is 6.30. The molecule has 1 aromatic heterocycles. The summed E-state index contributed by atoms with van der Waals surface area (Å²) in [5, 5.41) is 19.7. The van der Waals surface area contributed by atoms with E-state index in [4.69, 9.17) is 11.6 Å². The van der Waals surface area contributed by atoms with Crippen LogP contribution in [0.3, 0.4) is 0 Å². The van der Waals surface area contributed by atoms with Crippen LogP contribution in [-0.2, 0) is 6.42 Å². The maximum atomic E-state index is 11.7. The number of aryl methyl sites for hydroxylation is 1. The van der Waals surface area contributed by atoms with Gasteiger partial charge in [-0.3, -0.25) is 4.98 Å².